The highest BCUT2D eigenvalue weighted by Gasteiger charge is 2.48. The minimum atomic E-state index is -0.865. The molecule has 9 heteroatoms. The lowest BCUT2D eigenvalue weighted by Crippen LogP contribution is -2.29. The fraction of sp³-hybridized carbons (Fsp3) is 0.233. The number of hydrogen-bond acceptors (Lipinski definition) is 8. The van der Waals surface area contributed by atoms with E-state index in [-0.39, 0.29) is 11.3 Å². The predicted octanol–water partition coefficient (Wildman–Crippen LogP) is 5.65. The summed E-state index contributed by atoms with van der Waals surface area (Å²) in [5.41, 5.74) is 2.85. The first-order valence-electron chi connectivity index (χ1n) is 12.8. The first-order valence-corrected chi connectivity index (χ1v) is 13.6. The molecule has 1 N–H and O–H groups in total. The zero-order valence-corrected chi connectivity index (χ0v) is 22.3. The van der Waals surface area contributed by atoms with Gasteiger partial charge in [-0.1, -0.05) is 42.5 Å². The molecule has 0 radical (unpaired) electrons. The van der Waals surface area contributed by atoms with Gasteiger partial charge in [0.25, 0.3) is 5.78 Å². The van der Waals surface area contributed by atoms with Crippen molar-refractivity contribution >= 4 is 44.1 Å². The highest BCUT2D eigenvalue weighted by atomic mass is 32.1. The topological polar surface area (TPSA) is 98.2 Å². The molecule has 2 aliphatic rings. The van der Waals surface area contributed by atoms with Gasteiger partial charge in [0.15, 0.2) is 16.6 Å². The van der Waals surface area contributed by atoms with Gasteiger partial charge in [-0.3, -0.25) is 14.5 Å². The molecule has 3 heterocycles. The number of ether oxygens (including phenoxy) is 3. The molecule has 0 saturated carbocycles. The molecule has 4 aromatic rings. The first-order chi connectivity index (χ1) is 19.0. The third-order valence-corrected chi connectivity index (χ3v) is 7.85. The molecule has 2 aliphatic heterocycles. The lowest BCUT2D eigenvalue weighted by molar-refractivity contribution is -0.132. The first kappa shape index (κ1) is 24.9. The Kier molecular flexibility index (Phi) is 6.44. The molecular weight excluding hydrogens is 516 g/mol. The number of carbonyl (C=O) groups excluding carboxylic acids is 2. The molecule has 1 saturated heterocycles. The van der Waals surface area contributed by atoms with Crippen LogP contribution in [0.1, 0.15) is 36.6 Å². The van der Waals surface area contributed by atoms with E-state index in [1.807, 2.05) is 49.4 Å². The van der Waals surface area contributed by atoms with Gasteiger partial charge in [-0.15, -0.1) is 0 Å². The van der Waals surface area contributed by atoms with Crippen molar-refractivity contribution in [3.05, 3.63) is 82.9 Å². The Morgan fingerprint density at radius 2 is 1.79 bits per heavy atom. The van der Waals surface area contributed by atoms with Crippen LogP contribution in [-0.4, -0.2) is 41.6 Å². The second-order valence-electron chi connectivity index (χ2n) is 9.18. The van der Waals surface area contributed by atoms with Crippen molar-refractivity contribution in [1.82, 2.24) is 4.98 Å². The average Bonchev–Trinajstić information content (AvgIpc) is 3.50. The van der Waals surface area contributed by atoms with Gasteiger partial charge in [-0.2, -0.15) is 0 Å². The maximum atomic E-state index is 13.6. The van der Waals surface area contributed by atoms with Crippen molar-refractivity contribution in [3.8, 4) is 17.2 Å². The summed E-state index contributed by atoms with van der Waals surface area (Å²) in [7, 11) is 0. The Morgan fingerprint density at radius 3 is 2.54 bits per heavy atom. The molecule has 39 heavy (non-hydrogen) atoms. The molecule has 1 aromatic heterocycles. The molecule has 1 unspecified atom stereocenters. The second-order valence-corrected chi connectivity index (χ2v) is 10.2. The van der Waals surface area contributed by atoms with Crippen molar-refractivity contribution in [3.63, 3.8) is 0 Å². The normalized spacial score (nSPS) is 18.1. The highest BCUT2D eigenvalue weighted by molar-refractivity contribution is 7.22. The standard InChI is InChI=1S/C30H26N2O6S/c1-3-17-5-7-18(8-6-17)26-25(27(33)19-9-12-22-23(15-19)38-14-13-37-22)28(34)29(35)32(26)30-31-21-11-10-20(36-4-2)16-24(21)39-30/h5-12,15-16,26,33H,3-4,13-14H2,1-2H3/b27-25-. The molecule has 0 spiro atoms. The van der Waals surface area contributed by atoms with Gasteiger partial charge in [0.1, 0.15) is 24.7 Å². The molecular formula is C30H26N2O6S. The molecule has 0 bridgehead atoms. The maximum Gasteiger partial charge on any atom is 0.301 e. The number of nitrogens with zero attached hydrogens (tertiary/aromatic N) is 2. The van der Waals surface area contributed by atoms with E-state index < -0.39 is 17.7 Å². The fourth-order valence-electron chi connectivity index (χ4n) is 4.88. The van der Waals surface area contributed by atoms with E-state index in [9.17, 15) is 14.7 Å². The number of thiazole rings is 1. The Labute approximate surface area is 229 Å². The van der Waals surface area contributed by atoms with Crippen molar-refractivity contribution < 1.29 is 28.9 Å². The number of anilines is 1. The number of ketones is 1. The molecule has 1 amide bonds. The summed E-state index contributed by atoms with van der Waals surface area (Å²) in [6.45, 7) is 5.31. The van der Waals surface area contributed by atoms with Crippen LogP contribution in [0.15, 0.2) is 66.2 Å². The largest absolute Gasteiger partial charge is 0.507 e. The Morgan fingerprint density at radius 1 is 1.03 bits per heavy atom. The van der Waals surface area contributed by atoms with Crippen LogP contribution in [0, 0.1) is 0 Å². The summed E-state index contributed by atoms with van der Waals surface area (Å²) in [6.07, 6.45) is 0.845. The van der Waals surface area contributed by atoms with Crippen molar-refractivity contribution in [2.75, 3.05) is 24.7 Å². The van der Waals surface area contributed by atoms with Crippen LogP contribution in [0.2, 0.25) is 0 Å². The van der Waals surface area contributed by atoms with Crippen LogP contribution in [0.25, 0.3) is 16.0 Å². The van der Waals surface area contributed by atoms with Gasteiger partial charge in [0.2, 0.25) is 0 Å². The smallest absolute Gasteiger partial charge is 0.301 e. The minimum Gasteiger partial charge on any atom is -0.507 e. The van der Waals surface area contributed by atoms with Crippen LogP contribution in [-0.2, 0) is 16.0 Å². The number of rotatable bonds is 6. The summed E-state index contributed by atoms with van der Waals surface area (Å²) in [5.74, 6) is -0.0702. The summed E-state index contributed by atoms with van der Waals surface area (Å²) in [5, 5.41) is 11.9. The maximum absolute atomic E-state index is 13.6. The van der Waals surface area contributed by atoms with Crippen LogP contribution >= 0.6 is 11.3 Å². The van der Waals surface area contributed by atoms with Gasteiger partial charge < -0.3 is 19.3 Å². The van der Waals surface area contributed by atoms with Gasteiger partial charge >= 0.3 is 5.91 Å². The number of fused-ring (bicyclic) bond motifs is 2. The minimum absolute atomic E-state index is 0.00446. The summed E-state index contributed by atoms with van der Waals surface area (Å²) in [6, 6.07) is 17.3. The zero-order valence-electron chi connectivity index (χ0n) is 21.5. The number of aromatic nitrogens is 1. The summed E-state index contributed by atoms with van der Waals surface area (Å²) < 4.78 is 17.7. The Bertz CT molecular complexity index is 1620. The Balaban J connectivity index is 1.50. The molecule has 0 aliphatic carbocycles. The van der Waals surface area contributed by atoms with E-state index in [1.54, 1.807) is 18.2 Å². The Hall–Kier alpha value is -4.37. The number of aryl methyl sites for hydroxylation is 1. The van der Waals surface area contributed by atoms with E-state index in [4.69, 9.17) is 14.2 Å². The number of Topliss-reactive ketones (excluding diaryl/α,β-unsaturated/α-hetero) is 1. The van der Waals surface area contributed by atoms with Gasteiger partial charge in [-0.25, -0.2) is 4.98 Å². The number of carbonyl (C=O) groups is 2. The van der Waals surface area contributed by atoms with E-state index >= 15 is 0 Å². The quantitative estimate of drug-likeness (QED) is 0.191. The van der Waals surface area contributed by atoms with Crippen LogP contribution in [0.3, 0.4) is 0 Å². The van der Waals surface area contributed by atoms with Gasteiger partial charge in [0.05, 0.1) is 28.4 Å². The van der Waals surface area contributed by atoms with Crippen molar-refractivity contribution in [2.24, 2.45) is 0 Å². The zero-order chi connectivity index (χ0) is 27.1. The highest BCUT2D eigenvalue weighted by Crippen LogP contribution is 2.45. The van der Waals surface area contributed by atoms with Crippen LogP contribution in [0.4, 0.5) is 5.13 Å². The number of aliphatic hydroxyl groups is 1. The number of amides is 1. The fourth-order valence-corrected chi connectivity index (χ4v) is 5.90. The molecule has 1 atom stereocenters. The van der Waals surface area contributed by atoms with E-state index in [2.05, 4.69) is 11.9 Å². The van der Waals surface area contributed by atoms with Crippen LogP contribution < -0.4 is 19.1 Å². The van der Waals surface area contributed by atoms with Gasteiger partial charge in [-0.05, 0) is 60.9 Å². The molecule has 6 rings (SSSR count). The molecule has 8 nitrogen and oxygen atoms in total. The van der Waals surface area contributed by atoms with Crippen molar-refractivity contribution in [1.29, 1.82) is 0 Å². The number of hydrogen-bond donors (Lipinski definition) is 1. The van der Waals surface area contributed by atoms with E-state index in [1.165, 1.54) is 16.2 Å². The average molecular weight is 543 g/mol. The molecule has 1 fully saturated rings. The van der Waals surface area contributed by atoms with E-state index in [0.717, 1.165) is 16.7 Å². The predicted molar refractivity (Wildman–Crippen MR) is 149 cm³/mol. The third kappa shape index (κ3) is 4.38. The number of benzene rings is 3. The molecule has 3 aromatic carbocycles. The monoisotopic (exact) mass is 542 g/mol. The second kappa shape index (κ2) is 10.1. The molecule has 198 valence electrons. The lowest BCUT2D eigenvalue weighted by Gasteiger charge is -2.23. The summed E-state index contributed by atoms with van der Waals surface area (Å²) >= 11 is 1.30. The SMILES string of the molecule is CCOc1ccc2nc(N3C(=O)C(=O)/C(=C(\O)c4ccc5c(c4)OCCO5)C3c3ccc(CC)cc3)sc2c1. The van der Waals surface area contributed by atoms with Crippen LogP contribution in [0.5, 0.6) is 17.2 Å². The van der Waals surface area contributed by atoms with Gasteiger partial charge in [0, 0.05) is 5.56 Å². The van der Waals surface area contributed by atoms with E-state index in [0.29, 0.717) is 58.8 Å². The summed E-state index contributed by atoms with van der Waals surface area (Å²) in [4.78, 5) is 33.2. The number of aliphatic hydroxyl groups excluding tert-OH is 1. The lowest BCUT2D eigenvalue weighted by atomic mass is 9.94. The third-order valence-electron chi connectivity index (χ3n) is 6.83. The van der Waals surface area contributed by atoms with Crippen molar-refractivity contribution in [2.45, 2.75) is 26.3 Å².